The lowest BCUT2D eigenvalue weighted by Gasteiger charge is -2.19. The molecule has 0 aromatic heterocycles. The Morgan fingerprint density at radius 2 is 2.12 bits per heavy atom. The molecule has 0 fully saturated rings. The number of hydrogen-bond acceptors (Lipinski definition) is 3. The van der Waals surface area contributed by atoms with E-state index in [0.29, 0.717) is 5.70 Å². The van der Waals surface area contributed by atoms with Gasteiger partial charge in [-0.05, 0) is 31.6 Å². The molecule has 17 heavy (non-hydrogen) atoms. The lowest BCUT2D eigenvalue weighted by Crippen LogP contribution is -2.13. The molecule has 0 saturated heterocycles. The monoisotopic (exact) mass is 230 g/mol. The van der Waals surface area contributed by atoms with Gasteiger partial charge in [0.05, 0.1) is 0 Å². The van der Waals surface area contributed by atoms with Gasteiger partial charge in [-0.2, -0.15) is 0 Å². The Morgan fingerprint density at radius 1 is 1.47 bits per heavy atom. The zero-order valence-electron chi connectivity index (χ0n) is 10.8. The van der Waals surface area contributed by atoms with Gasteiger partial charge in [0.15, 0.2) is 5.78 Å². The van der Waals surface area contributed by atoms with Crippen LogP contribution in [0.4, 0.5) is 0 Å². The van der Waals surface area contributed by atoms with Crippen LogP contribution in [0.3, 0.4) is 0 Å². The van der Waals surface area contributed by atoms with Gasteiger partial charge < -0.3 is 4.90 Å². The molecule has 90 valence electrons. The van der Waals surface area contributed by atoms with Gasteiger partial charge in [0.25, 0.3) is 0 Å². The predicted molar refractivity (Wildman–Crippen MR) is 71.7 cm³/mol. The SMILES string of the molecule is C=C1C=C(C(C)=N/C(=C\C)C(C)=O)C=CN1C. The molecule has 0 aromatic carbocycles. The van der Waals surface area contributed by atoms with Crippen molar-refractivity contribution in [2.45, 2.75) is 20.8 Å². The molecule has 1 aliphatic heterocycles. The summed E-state index contributed by atoms with van der Waals surface area (Å²) >= 11 is 0. The van der Waals surface area contributed by atoms with E-state index in [1.165, 1.54) is 6.92 Å². The van der Waals surface area contributed by atoms with E-state index < -0.39 is 0 Å². The first-order chi connectivity index (χ1) is 7.95. The Morgan fingerprint density at radius 3 is 2.59 bits per heavy atom. The van der Waals surface area contributed by atoms with Crippen LogP contribution < -0.4 is 0 Å². The highest BCUT2D eigenvalue weighted by Crippen LogP contribution is 2.16. The third kappa shape index (κ3) is 3.28. The van der Waals surface area contributed by atoms with Crippen LogP contribution in [-0.2, 0) is 4.79 Å². The quantitative estimate of drug-likeness (QED) is 0.551. The molecule has 0 amide bonds. The summed E-state index contributed by atoms with van der Waals surface area (Å²) in [5, 5.41) is 0. The fourth-order valence-corrected chi connectivity index (χ4v) is 1.43. The standard InChI is InChI=1S/C14H18N2O/c1-6-14(12(4)17)15-11(3)13-7-8-16(5)10(2)9-13/h6-9H,2H2,1,3-5H3/b14-6-,15-11?. The van der Waals surface area contributed by atoms with Gasteiger partial charge in [0.2, 0.25) is 0 Å². The van der Waals surface area contributed by atoms with Crippen molar-refractivity contribution in [1.82, 2.24) is 4.90 Å². The van der Waals surface area contributed by atoms with E-state index in [1.54, 1.807) is 6.08 Å². The van der Waals surface area contributed by atoms with Gasteiger partial charge in [-0.3, -0.25) is 4.79 Å². The molecule has 0 N–H and O–H groups in total. The molecule has 0 radical (unpaired) electrons. The second kappa shape index (κ2) is 5.43. The van der Waals surface area contributed by atoms with Crippen LogP contribution in [0.1, 0.15) is 20.8 Å². The fourth-order valence-electron chi connectivity index (χ4n) is 1.43. The summed E-state index contributed by atoms with van der Waals surface area (Å²) in [6, 6.07) is 0. The van der Waals surface area contributed by atoms with Crippen molar-refractivity contribution in [3.05, 3.63) is 48.0 Å². The van der Waals surface area contributed by atoms with Crippen molar-refractivity contribution in [3.8, 4) is 0 Å². The molecule has 3 heteroatoms. The molecular formula is C14H18N2O. The maximum atomic E-state index is 11.3. The van der Waals surface area contributed by atoms with Crippen LogP contribution in [-0.4, -0.2) is 23.4 Å². The number of carbonyl (C=O) groups excluding carboxylic acids is 1. The molecule has 3 nitrogen and oxygen atoms in total. The van der Waals surface area contributed by atoms with Gasteiger partial charge in [-0.25, -0.2) is 4.99 Å². The van der Waals surface area contributed by atoms with Crippen molar-refractivity contribution >= 4 is 11.5 Å². The lowest BCUT2D eigenvalue weighted by molar-refractivity contribution is -0.113. The average molecular weight is 230 g/mol. The van der Waals surface area contributed by atoms with Gasteiger partial charge in [0, 0.05) is 31.6 Å². The number of carbonyl (C=O) groups is 1. The molecule has 0 atom stereocenters. The summed E-state index contributed by atoms with van der Waals surface area (Å²) in [7, 11) is 1.94. The van der Waals surface area contributed by atoms with Crippen LogP contribution in [0.15, 0.2) is 53.0 Å². The van der Waals surface area contributed by atoms with Crippen LogP contribution in [0.25, 0.3) is 0 Å². The molecule has 1 rings (SSSR count). The molecule has 0 bridgehead atoms. The molecule has 0 unspecified atom stereocenters. The van der Waals surface area contributed by atoms with Gasteiger partial charge in [-0.15, -0.1) is 0 Å². The molecule has 0 aromatic rings. The summed E-state index contributed by atoms with van der Waals surface area (Å²) in [4.78, 5) is 17.5. The van der Waals surface area contributed by atoms with E-state index in [0.717, 1.165) is 17.0 Å². The van der Waals surface area contributed by atoms with Crippen LogP contribution in [0.5, 0.6) is 0 Å². The first-order valence-corrected chi connectivity index (χ1v) is 5.50. The fraction of sp³-hybridized carbons (Fsp3) is 0.286. The number of rotatable bonds is 3. The Hall–Kier alpha value is -1.90. The summed E-state index contributed by atoms with van der Waals surface area (Å²) in [5.74, 6) is -0.0248. The Balaban J connectivity index is 2.99. The molecule has 0 aliphatic carbocycles. The number of aliphatic imine (C=N–C) groups is 1. The maximum Gasteiger partial charge on any atom is 0.177 e. The van der Waals surface area contributed by atoms with Crippen LogP contribution >= 0.6 is 0 Å². The predicted octanol–water partition coefficient (Wildman–Crippen LogP) is 2.84. The number of allylic oxidation sites excluding steroid dienone is 5. The number of ketones is 1. The van der Waals surface area contributed by atoms with E-state index in [9.17, 15) is 4.79 Å². The molecule has 0 saturated carbocycles. The summed E-state index contributed by atoms with van der Waals surface area (Å²) in [5.41, 5.74) is 3.19. The first-order valence-electron chi connectivity index (χ1n) is 5.50. The van der Waals surface area contributed by atoms with E-state index in [1.807, 2.05) is 44.1 Å². The molecule has 1 aliphatic rings. The normalized spacial score (nSPS) is 17.3. The topological polar surface area (TPSA) is 32.7 Å². The second-order valence-corrected chi connectivity index (χ2v) is 3.94. The highest BCUT2D eigenvalue weighted by molar-refractivity contribution is 6.05. The number of nitrogens with zero attached hydrogens (tertiary/aromatic N) is 2. The average Bonchev–Trinajstić information content (AvgIpc) is 2.28. The molecular weight excluding hydrogens is 212 g/mol. The molecule has 0 spiro atoms. The number of hydrogen-bond donors (Lipinski definition) is 0. The van der Waals surface area contributed by atoms with E-state index in [-0.39, 0.29) is 5.78 Å². The maximum absolute atomic E-state index is 11.3. The van der Waals surface area contributed by atoms with Crippen molar-refractivity contribution in [2.24, 2.45) is 4.99 Å². The van der Waals surface area contributed by atoms with Gasteiger partial charge in [-0.1, -0.05) is 12.7 Å². The van der Waals surface area contributed by atoms with Gasteiger partial charge in [0.1, 0.15) is 5.70 Å². The minimum atomic E-state index is -0.0248. The van der Waals surface area contributed by atoms with E-state index in [4.69, 9.17) is 0 Å². The molecule has 1 heterocycles. The highest BCUT2D eigenvalue weighted by atomic mass is 16.1. The number of Topliss-reactive ketones (excluding diaryl/α,β-unsaturated/α-hetero) is 1. The zero-order valence-corrected chi connectivity index (χ0v) is 10.8. The third-order valence-corrected chi connectivity index (χ3v) is 2.59. The third-order valence-electron chi connectivity index (χ3n) is 2.59. The summed E-state index contributed by atoms with van der Waals surface area (Å²) in [6.45, 7) is 9.14. The van der Waals surface area contributed by atoms with Crippen LogP contribution in [0.2, 0.25) is 0 Å². The minimum absolute atomic E-state index is 0.0248. The Labute approximate surface area is 103 Å². The summed E-state index contributed by atoms with van der Waals surface area (Å²) in [6.07, 6.45) is 7.56. The van der Waals surface area contributed by atoms with Crippen molar-refractivity contribution < 1.29 is 4.79 Å². The minimum Gasteiger partial charge on any atom is -0.351 e. The largest absolute Gasteiger partial charge is 0.351 e. The smallest absolute Gasteiger partial charge is 0.177 e. The highest BCUT2D eigenvalue weighted by Gasteiger charge is 2.08. The van der Waals surface area contributed by atoms with E-state index >= 15 is 0 Å². The van der Waals surface area contributed by atoms with E-state index in [2.05, 4.69) is 11.6 Å². The van der Waals surface area contributed by atoms with Gasteiger partial charge >= 0.3 is 0 Å². The number of likely N-dealkylation sites (N-methyl/N-ethyl adjacent to an activating group) is 1. The Bertz CT molecular complexity index is 465. The summed E-state index contributed by atoms with van der Waals surface area (Å²) < 4.78 is 0. The van der Waals surface area contributed by atoms with Crippen molar-refractivity contribution in [3.63, 3.8) is 0 Å². The Kier molecular flexibility index (Phi) is 4.21. The van der Waals surface area contributed by atoms with Crippen molar-refractivity contribution in [2.75, 3.05) is 7.05 Å². The van der Waals surface area contributed by atoms with Crippen molar-refractivity contribution in [1.29, 1.82) is 0 Å². The lowest BCUT2D eigenvalue weighted by atomic mass is 10.1. The van der Waals surface area contributed by atoms with Crippen LogP contribution in [0, 0.1) is 0 Å². The first kappa shape index (κ1) is 13.2. The zero-order chi connectivity index (χ0) is 13.0. The second-order valence-electron chi connectivity index (χ2n) is 3.94.